The van der Waals surface area contributed by atoms with Crippen LogP contribution in [-0.4, -0.2) is 19.5 Å². The van der Waals surface area contributed by atoms with Gasteiger partial charge >= 0.3 is 0 Å². The molecule has 1 saturated heterocycles. The second-order valence-electron chi connectivity index (χ2n) is 6.77. The zero-order valence-corrected chi connectivity index (χ0v) is 13.5. The molecule has 2 aliphatic rings. The number of rotatable bonds is 3. The van der Waals surface area contributed by atoms with E-state index in [-0.39, 0.29) is 18.1 Å². The predicted octanol–water partition coefficient (Wildman–Crippen LogP) is 5.04. The lowest BCUT2D eigenvalue weighted by molar-refractivity contribution is -0.217. The van der Waals surface area contributed by atoms with Gasteiger partial charge in [-0.05, 0) is 50.2 Å². The molecule has 0 spiro atoms. The van der Waals surface area contributed by atoms with E-state index in [1.807, 2.05) is 0 Å². The molecule has 126 valence electrons. The molecule has 3 rings (SSSR count). The van der Waals surface area contributed by atoms with Crippen molar-refractivity contribution in [3.8, 4) is 0 Å². The Kier molecular flexibility index (Phi) is 5.44. The Morgan fingerprint density at radius 1 is 1.00 bits per heavy atom. The molecular formula is C19H24F2O2. The van der Waals surface area contributed by atoms with Crippen molar-refractivity contribution in [2.24, 2.45) is 11.8 Å². The van der Waals surface area contributed by atoms with Crippen molar-refractivity contribution in [2.75, 3.05) is 13.2 Å². The van der Waals surface area contributed by atoms with Crippen LogP contribution in [0.25, 0.3) is 0 Å². The van der Waals surface area contributed by atoms with Gasteiger partial charge in [0.05, 0.1) is 13.2 Å². The van der Waals surface area contributed by atoms with Gasteiger partial charge in [-0.1, -0.05) is 29.8 Å². The molecule has 0 aromatic heterocycles. The third-order valence-corrected chi connectivity index (χ3v) is 5.04. The minimum Gasteiger partial charge on any atom is -0.352 e. The third kappa shape index (κ3) is 4.39. The molecular weight excluding hydrogens is 298 g/mol. The van der Waals surface area contributed by atoms with Crippen LogP contribution in [0.3, 0.4) is 0 Å². The molecule has 0 amide bonds. The highest BCUT2D eigenvalue weighted by molar-refractivity contribution is 5.24. The Balaban J connectivity index is 1.48. The van der Waals surface area contributed by atoms with Gasteiger partial charge in [0.25, 0.3) is 6.08 Å². The summed E-state index contributed by atoms with van der Waals surface area (Å²) in [5, 5.41) is 0. The molecule has 0 bridgehead atoms. The minimum atomic E-state index is -1.56. The largest absolute Gasteiger partial charge is 0.352 e. The second kappa shape index (κ2) is 7.54. The van der Waals surface area contributed by atoms with Crippen molar-refractivity contribution < 1.29 is 18.3 Å². The lowest BCUT2D eigenvalue weighted by atomic mass is 9.81. The Morgan fingerprint density at radius 3 is 2.17 bits per heavy atom. The summed E-state index contributed by atoms with van der Waals surface area (Å²) in [6, 6.07) is 8.49. The topological polar surface area (TPSA) is 18.5 Å². The number of benzene rings is 1. The standard InChI is InChI=1S/C19H24F2O2/c1-13-2-6-15(7-3-13)17-11-22-19(23-12-17)16-8-4-14(5-9-16)10-18(20)21/h2-3,6-7,10,14,16-17,19H,4-5,8-9,11-12H2,1H3. The maximum absolute atomic E-state index is 12.3. The second-order valence-corrected chi connectivity index (χ2v) is 6.77. The molecule has 1 aliphatic carbocycles. The van der Waals surface area contributed by atoms with Gasteiger partial charge in [0, 0.05) is 11.8 Å². The van der Waals surface area contributed by atoms with Crippen molar-refractivity contribution >= 4 is 0 Å². The summed E-state index contributed by atoms with van der Waals surface area (Å²) in [6.07, 6.45) is 2.77. The van der Waals surface area contributed by atoms with Crippen LogP contribution in [0.2, 0.25) is 0 Å². The van der Waals surface area contributed by atoms with Crippen molar-refractivity contribution in [1.82, 2.24) is 0 Å². The number of hydrogen-bond acceptors (Lipinski definition) is 2. The van der Waals surface area contributed by atoms with Crippen molar-refractivity contribution in [2.45, 2.75) is 44.8 Å². The average Bonchev–Trinajstić information content (AvgIpc) is 2.56. The van der Waals surface area contributed by atoms with Crippen molar-refractivity contribution in [3.05, 3.63) is 47.5 Å². The summed E-state index contributed by atoms with van der Waals surface area (Å²) < 4.78 is 36.5. The van der Waals surface area contributed by atoms with Gasteiger partial charge < -0.3 is 9.47 Å². The average molecular weight is 322 g/mol. The van der Waals surface area contributed by atoms with E-state index in [0.717, 1.165) is 31.8 Å². The Bertz CT molecular complexity index is 521. The third-order valence-electron chi connectivity index (χ3n) is 5.04. The Labute approximate surface area is 136 Å². The van der Waals surface area contributed by atoms with Crippen LogP contribution in [0.5, 0.6) is 0 Å². The van der Waals surface area contributed by atoms with Gasteiger partial charge in [-0.25, -0.2) is 0 Å². The van der Waals surface area contributed by atoms with E-state index in [0.29, 0.717) is 19.1 Å². The molecule has 0 radical (unpaired) electrons. The molecule has 2 nitrogen and oxygen atoms in total. The maximum atomic E-state index is 12.3. The zero-order chi connectivity index (χ0) is 16.2. The monoisotopic (exact) mass is 322 g/mol. The quantitative estimate of drug-likeness (QED) is 0.776. The van der Waals surface area contributed by atoms with Crippen molar-refractivity contribution in [1.29, 1.82) is 0 Å². The fourth-order valence-corrected chi connectivity index (χ4v) is 3.58. The van der Waals surface area contributed by atoms with E-state index in [1.165, 1.54) is 11.1 Å². The molecule has 0 N–H and O–H groups in total. The first-order valence-electron chi connectivity index (χ1n) is 8.44. The van der Waals surface area contributed by atoms with Gasteiger partial charge in [0.1, 0.15) is 0 Å². The molecule has 1 aromatic rings. The first-order chi connectivity index (χ1) is 11.1. The van der Waals surface area contributed by atoms with E-state index < -0.39 is 6.08 Å². The molecule has 1 aromatic carbocycles. The number of allylic oxidation sites excluding steroid dienone is 1. The first kappa shape index (κ1) is 16.6. The van der Waals surface area contributed by atoms with Crippen LogP contribution >= 0.6 is 0 Å². The Morgan fingerprint density at radius 2 is 1.61 bits per heavy atom. The van der Waals surface area contributed by atoms with E-state index in [4.69, 9.17) is 9.47 Å². The fourth-order valence-electron chi connectivity index (χ4n) is 3.58. The number of halogens is 2. The number of hydrogen-bond donors (Lipinski definition) is 0. The fraction of sp³-hybridized carbons (Fsp3) is 0.579. The van der Waals surface area contributed by atoms with Gasteiger partial charge in [-0.15, -0.1) is 0 Å². The SMILES string of the molecule is Cc1ccc(C2COC(C3CCC(C=C(F)F)CC3)OC2)cc1. The van der Waals surface area contributed by atoms with Crippen LogP contribution < -0.4 is 0 Å². The smallest absolute Gasteiger partial charge is 0.266 e. The normalized spacial score (nSPS) is 31.6. The summed E-state index contributed by atoms with van der Waals surface area (Å²) in [4.78, 5) is 0. The predicted molar refractivity (Wildman–Crippen MR) is 85.4 cm³/mol. The van der Waals surface area contributed by atoms with Gasteiger partial charge in [0.15, 0.2) is 6.29 Å². The van der Waals surface area contributed by atoms with E-state index in [2.05, 4.69) is 31.2 Å². The molecule has 4 heteroatoms. The molecule has 1 heterocycles. The van der Waals surface area contributed by atoms with Gasteiger partial charge in [-0.3, -0.25) is 0 Å². The molecule has 1 saturated carbocycles. The lowest BCUT2D eigenvalue weighted by Gasteiger charge is -2.37. The summed E-state index contributed by atoms with van der Waals surface area (Å²) in [6.45, 7) is 3.42. The van der Waals surface area contributed by atoms with Crippen molar-refractivity contribution in [3.63, 3.8) is 0 Å². The highest BCUT2D eigenvalue weighted by Gasteiger charge is 2.32. The van der Waals surface area contributed by atoms with Crippen LogP contribution in [0, 0.1) is 18.8 Å². The summed E-state index contributed by atoms with van der Waals surface area (Å²) in [5.74, 6) is 0.633. The summed E-state index contributed by atoms with van der Waals surface area (Å²) in [7, 11) is 0. The number of ether oxygens (including phenoxy) is 2. The van der Waals surface area contributed by atoms with Crippen LogP contribution in [0.4, 0.5) is 8.78 Å². The molecule has 1 aliphatic heterocycles. The van der Waals surface area contributed by atoms with E-state index in [9.17, 15) is 8.78 Å². The Hall–Kier alpha value is -1.26. The molecule has 0 unspecified atom stereocenters. The minimum absolute atomic E-state index is 0.0140. The van der Waals surface area contributed by atoms with E-state index >= 15 is 0 Å². The number of aryl methyl sites for hydroxylation is 1. The van der Waals surface area contributed by atoms with Gasteiger partial charge in [-0.2, -0.15) is 8.78 Å². The van der Waals surface area contributed by atoms with Crippen LogP contribution in [-0.2, 0) is 9.47 Å². The molecule has 2 fully saturated rings. The zero-order valence-electron chi connectivity index (χ0n) is 13.5. The highest BCUT2D eigenvalue weighted by Crippen LogP contribution is 2.36. The van der Waals surface area contributed by atoms with Crippen LogP contribution in [0.15, 0.2) is 36.4 Å². The highest BCUT2D eigenvalue weighted by atomic mass is 19.3. The summed E-state index contributed by atoms with van der Waals surface area (Å²) >= 11 is 0. The maximum Gasteiger partial charge on any atom is 0.266 e. The van der Waals surface area contributed by atoms with Gasteiger partial charge in [0.2, 0.25) is 0 Å². The molecule has 0 atom stereocenters. The molecule has 23 heavy (non-hydrogen) atoms. The van der Waals surface area contributed by atoms with Crippen LogP contribution in [0.1, 0.15) is 42.7 Å². The van der Waals surface area contributed by atoms with E-state index in [1.54, 1.807) is 0 Å². The summed E-state index contributed by atoms with van der Waals surface area (Å²) in [5.41, 5.74) is 2.50. The first-order valence-corrected chi connectivity index (χ1v) is 8.44. The lowest BCUT2D eigenvalue weighted by Crippen LogP contribution is -2.37.